The van der Waals surface area contributed by atoms with Crippen molar-refractivity contribution in [2.45, 2.75) is 6.42 Å². The smallest absolute Gasteiger partial charge is 0.271 e. The van der Waals surface area contributed by atoms with Crippen molar-refractivity contribution in [2.75, 3.05) is 18.9 Å². The third-order valence-electron chi connectivity index (χ3n) is 4.85. The normalized spacial score (nSPS) is 15.7. The lowest BCUT2D eigenvalue weighted by Gasteiger charge is -2.05. The van der Waals surface area contributed by atoms with Gasteiger partial charge in [-0.2, -0.15) is 10.2 Å². The van der Waals surface area contributed by atoms with E-state index in [0.717, 1.165) is 18.5 Å². The van der Waals surface area contributed by atoms with Crippen LogP contribution in [0.3, 0.4) is 0 Å². The average molecular weight is 403 g/mol. The highest BCUT2D eigenvalue weighted by Crippen LogP contribution is 2.21. The van der Waals surface area contributed by atoms with Gasteiger partial charge in [-0.1, -0.05) is 17.9 Å². The predicted octanol–water partition coefficient (Wildman–Crippen LogP) is 1.28. The number of hydrogen-bond donors (Lipinski definition) is 2. The number of hydrogen-bond acceptors (Lipinski definition) is 5. The van der Waals surface area contributed by atoms with Gasteiger partial charge in [-0.3, -0.25) is 14.3 Å². The van der Waals surface area contributed by atoms with Crippen LogP contribution >= 0.6 is 0 Å². The van der Waals surface area contributed by atoms with Gasteiger partial charge in [0.25, 0.3) is 5.91 Å². The summed E-state index contributed by atoms with van der Waals surface area (Å²) in [5.74, 6) is 5.86. The van der Waals surface area contributed by atoms with Crippen molar-refractivity contribution in [2.24, 2.45) is 18.7 Å². The van der Waals surface area contributed by atoms with Crippen LogP contribution in [0.25, 0.3) is 5.69 Å². The van der Waals surface area contributed by atoms with Crippen LogP contribution in [0.15, 0.2) is 42.7 Å². The second-order valence-electron chi connectivity index (χ2n) is 7.12. The Kier molecular flexibility index (Phi) is 4.98. The van der Waals surface area contributed by atoms with Gasteiger partial charge in [0, 0.05) is 38.5 Å². The van der Waals surface area contributed by atoms with Gasteiger partial charge in [0.15, 0.2) is 11.5 Å². The molecule has 0 radical (unpaired) electrons. The maximum absolute atomic E-state index is 12.0. The monoisotopic (exact) mass is 403 g/mol. The van der Waals surface area contributed by atoms with Crippen LogP contribution in [0.1, 0.15) is 22.5 Å². The van der Waals surface area contributed by atoms with Crippen LogP contribution in [-0.2, 0) is 11.8 Å². The minimum absolute atomic E-state index is 0.0575. The fourth-order valence-electron chi connectivity index (χ4n) is 3.25. The predicted molar refractivity (Wildman–Crippen MR) is 111 cm³/mol. The second-order valence-corrected chi connectivity index (χ2v) is 7.12. The van der Waals surface area contributed by atoms with E-state index in [0.29, 0.717) is 17.2 Å². The third-order valence-corrected chi connectivity index (χ3v) is 4.85. The Morgan fingerprint density at radius 3 is 2.77 bits per heavy atom. The summed E-state index contributed by atoms with van der Waals surface area (Å²) >= 11 is 0. The summed E-state index contributed by atoms with van der Waals surface area (Å²) in [6, 6.07) is 9.19. The molecule has 2 amide bonds. The van der Waals surface area contributed by atoms with E-state index in [4.69, 9.17) is 5.73 Å². The maximum Gasteiger partial charge on any atom is 0.271 e. The molecule has 4 rings (SSSR count). The first-order valence-electron chi connectivity index (χ1n) is 9.44. The van der Waals surface area contributed by atoms with Gasteiger partial charge in [0.1, 0.15) is 5.92 Å². The number of nitrogens with two attached hydrogens (primary N) is 1. The third kappa shape index (κ3) is 3.89. The number of nitrogens with zero attached hydrogens (tertiary/aromatic N) is 5. The van der Waals surface area contributed by atoms with Crippen molar-refractivity contribution in [1.82, 2.24) is 24.5 Å². The highest BCUT2D eigenvalue weighted by atomic mass is 16.2. The molecule has 2 aromatic heterocycles. The molecule has 1 aliphatic rings. The summed E-state index contributed by atoms with van der Waals surface area (Å²) in [6.45, 7) is 0.730. The summed E-state index contributed by atoms with van der Waals surface area (Å²) in [4.78, 5) is 25.6. The number of anilines is 2. The molecule has 1 atom stereocenters. The minimum atomic E-state index is -0.646. The van der Waals surface area contributed by atoms with Crippen LogP contribution in [0.4, 0.5) is 11.5 Å². The molecule has 1 aliphatic heterocycles. The van der Waals surface area contributed by atoms with E-state index in [1.165, 1.54) is 0 Å². The van der Waals surface area contributed by atoms with Crippen LogP contribution in [-0.4, -0.2) is 49.9 Å². The number of carbonyl (C=O) groups is 2. The molecule has 3 aromatic rings. The molecule has 1 fully saturated rings. The number of rotatable bonds is 4. The van der Waals surface area contributed by atoms with Crippen LogP contribution in [0, 0.1) is 17.8 Å². The van der Waals surface area contributed by atoms with Crippen molar-refractivity contribution >= 4 is 23.3 Å². The van der Waals surface area contributed by atoms with Gasteiger partial charge in [-0.15, -0.1) is 0 Å². The Morgan fingerprint density at radius 2 is 2.10 bits per heavy atom. The van der Waals surface area contributed by atoms with E-state index in [1.54, 1.807) is 46.8 Å². The van der Waals surface area contributed by atoms with Gasteiger partial charge in [-0.25, -0.2) is 4.68 Å². The van der Waals surface area contributed by atoms with E-state index < -0.39 is 5.91 Å². The molecule has 0 unspecified atom stereocenters. The Hall–Kier alpha value is -4.06. The first kappa shape index (κ1) is 19.3. The zero-order valence-electron chi connectivity index (χ0n) is 16.7. The average Bonchev–Trinajstić information content (AvgIpc) is 3.41. The van der Waals surface area contributed by atoms with E-state index >= 15 is 0 Å². The van der Waals surface area contributed by atoms with Gasteiger partial charge >= 0.3 is 0 Å². The molecule has 9 heteroatoms. The van der Waals surface area contributed by atoms with Crippen molar-refractivity contribution in [1.29, 1.82) is 0 Å². The zero-order chi connectivity index (χ0) is 21.3. The zero-order valence-corrected chi connectivity index (χ0v) is 16.7. The summed E-state index contributed by atoms with van der Waals surface area (Å²) < 4.78 is 3.21. The van der Waals surface area contributed by atoms with Crippen LogP contribution < -0.4 is 11.1 Å². The molecular formula is C21H21N7O2. The Morgan fingerprint density at radius 1 is 1.27 bits per heavy atom. The van der Waals surface area contributed by atoms with E-state index in [9.17, 15) is 9.59 Å². The summed E-state index contributed by atoms with van der Waals surface area (Å²) in [7, 11) is 3.59. The molecule has 30 heavy (non-hydrogen) atoms. The lowest BCUT2D eigenvalue weighted by molar-refractivity contribution is -0.128. The Labute approximate surface area is 173 Å². The molecule has 0 saturated carbocycles. The first-order valence-corrected chi connectivity index (χ1v) is 9.44. The fraction of sp³-hybridized carbons (Fsp3) is 0.238. The number of primary amides is 1. The number of benzene rings is 1. The first-order chi connectivity index (χ1) is 14.4. The summed E-state index contributed by atoms with van der Waals surface area (Å²) in [5.41, 5.74) is 7.53. The Bertz CT molecular complexity index is 1180. The molecule has 1 saturated heterocycles. The number of likely N-dealkylation sites (tertiary alicyclic amines) is 1. The quantitative estimate of drug-likeness (QED) is 0.638. The SMILES string of the molecule is CN1CC[C@@H](C#Cc2cccc(-n3cc(Nc4ccn(C)n4)c(C(N)=O)n3)c2)C1=O. The molecule has 3 N–H and O–H groups in total. The van der Waals surface area contributed by atoms with Crippen molar-refractivity contribution in [3.05, 3.63) is 54.0 Å². The lowest BCUT2D eigenvalue weighted by Crippen LogP contribution is -2.21. The second kappa shape index (κ2) is 7.75. The van der Waals surface area contributed by atoms with Crippen LogP contribution in [0.5, 0.6) is 0 Å². The van der Waals surface area contributed by atoms with Gasteiger partial charge in [-0.05, 0) is 24.6 Å². The topological polar surface area (TPSA) is 111 Å². The highest BCUT2D eigenvalue weighted by Gasteiger charge is 2.27. The van der Waals surface area contributed by atoms with E-state index in [-0.39, 0.29) is 17.5 Å². The number of aromatic nitrogens is 4. The summed E-state index contributed by atoms with van der Waals surface area (Å²) in [6.07, 6.45) is 4.20. The molecule has 0 bridgehead atoms. The van der Waals surface area contributed by atoms with Gasteiger partial charge < -0.3 is 16.0 Å². The molecule has 1 aromatic carbocycles. The molecule has 0 spiro atoms. The molecule has 152 valence electrons. The molecule has 9 nitrogen and oxygen atoms in total. The molecule has 0 aliphatic carbocycles. The van der Waals surface area contributed by atoms with E-state index in [2.05, 4.69) is 27.4 Å². The highest BCUT2D eigenvalue weighted by molar-refractivity contribution is 5.97. The van der Waals surface area contributed by atoms with Crippen molar-refractivity contribution in [3.8, 4) is 17.5 Å². The number of amides is 2. The van der Waals surface area contributed by atoms with Crippen molar-refractivity contribution < 1.29 is 9.59 Å². The van der Waals surface area contributed by atoms with Crippen molar-refractivity contribution in [3.63, 3.8) is 0 Å². The minimum Gasteiger partial charge on any atom is -0.364 e. The van der Waals surface area contributed by atoms with Gasteiger partial charge in [0.2, 0.25) is 5.91 Å². The molecule has 3 heterocycles. The fourth-order valence-corrected chi connectivity index (χ4v) is 3.25. The molecular weight excluding hydrogens is 382 g/mol. The largest absolute Gasteiger partial charge is 0.364 e. The van der Waals surface area contributed by atoms with Gasteiger partial charge in [0.05, 0.1) is 17.6 Å². The van der Waals surface area contributed by atoms with E-state index in [1.807, 2.05) is 24.3 Å². The van der Waals surface area contributed by atoms with Crippen LogP contribution in [0.2, 0.25) is 0 Å². The number of nitrogens with one attached hydrogen (secondary N) is 1. The standard InChI is InChI=1S/C21H21N7O2/c1-26-10-8-15(21(26)30)7-6-14-4-3-5-16(12-14)28-13-17(19(25-28)20(22)29)23-18-9-11-27(2)24-18/h3-5,9,11-13,15H,8,10H2,1-2H3,(H2,22,29)(H,23,24)/t15-/m1/s1. The maximum atomic E-state index is 12.0. The lowest BCUT2D eigenvalue weighted by atomic mass is 10.1. The summed E-state index contributed by atoms with van der Waals surface area (Å²) in [5, 5.41) is 11.6. The number of aryl methyl sites for hydroxylation is 1. The Balaban J connectivity index is 1.61. The number of carbonyl (C=O) groups excluding carboxylic acids is 2.